The maximum absolute atomic E-state index is 11.8. The average Bonchev–Trinajstić information content (AvgIpc) is 3.50. The Morgan fingerprint density at radius 2 is 1.78 bits per heavy atom. The second-order valence-electron chi connectivity index (χ2n) is 9.42. The van der Waals surface area contributed by atoms with E-state index in [1.165, 1.54) is 12.0 Å². The molecule has 2 fully saturated rings. The van der Waals surface area contributed by atoms with Gasteiger partial charge in [0.1, 0.15) is 18.9 Å². The number of ether oxygens (including phenoxy) is 1. The molecule has 1 saturated carbocycles. The van der Waals surface area contributed by atoms with Crippen LogP contribution in [0.5, 0.6) is 5.75 Å². The lowest BCUT2D eigenvalue weighted by atomic mass is 9.96. The highest BCUT2D eigenvalue weighted by Crippen LogP contribution is 2.40. The van der Waals surface area contributed by atoms with Gasteiger partial charge in [0.05, 0.1) is 32.3 Å². The molecule has 2 atom stereocenters. The van der Waals surface area contributed by atoms with E-state index >= 15 is 0 Å². The van der Waals surface area contributed by atoms with Gasteiger partial charge in [0.2, 0.25) is 10.0 Å². The van der Waals surface area contributed by atoms with Gasteiger partial charge in [0.25, 0.3) is 5.91 Å². The molecule has 1 amide bonds. The SMILES string of the molecule is C[N+]1(CCOc2ccc(C(=O)NS(C)(=O)=O)cc2)CC(CN[C@@H]2C[C@H]2c2ccccc2)C1. The number of likely N-dealkylation sites (N-methyl/N-ethyl adjacent to an activating group) is 1. The van der Waals surface area contributed by atoms with E-state index in [-0.39, 0.29) is 5.56 Å². The molecule has 0 aromatic heterocycles. The van der Waals surface area contributed by atoms with Crippen molar-refractivity contribution in [1.82, 2.24) is 10.0 Å². The van der Waals surface area contributed by atoms with Crippen molar-refractivity contribution in [2.24, 2.45) is 5.92 Å². The Morgan fingerprint density at radius 1 is 1.09 bits per heavy atom. The summed E-state index contributed by atoms with van der Waals surface area (Å²) >= 11 is 0. The number of carbonyl (C=O) groups is 1. The maximum Gasteiger partial charge on any atom is 0.264 e. The minimum Gasteiger partial charge on any atom is -0.488 e. The van der Waals surface area contributed by atoms with E-state index in [1.54, 1.807) is 24.3 Å². The highest BCUT2D eigenvalue weighted by atomic mass is 32.2. The van der Waals surface area contributed by atoms with Gasteiger partial charge >= 0.3 is 0 Å². The normalized spacial score (nSPS) is 26.8. The summed E-state index contributed by atoms with van der Waals surface area (Å²) in [6.45, 7) is 4.93. The van der Waals surface area contributed by atoms with Gasteiger partial charge in [-0.15, -0.1) is 0 Å². The van der Waals surface area contributed by atoms with Gasteiger partial charge < -0.3 is 14.5 Å². The van der Waals surface area contributed by atoms with Crippen LogP contribution >= 0.6 is 0 Å². The molecule has 0 radical (unpaired) electrons. The van der Waals surface area contributed by atoms with Crippen LogP contribution in [0, 0.1) is 5.92 Å². The lowest BCUT2D eigenvalue weighted by molar-refractivity contribution is -0.956. The second-order valence-corrected chi connectivity index (χ2v) is 11.2. The van der Waals surface area contributed by atoms with Crippen LogP contribution in [-0.4, -0.2) is 70.9 Å². The lowest BCUT2D eigenvalue weighted by Crippen LogP contribution is -2.64. The number of rotatable bonds is 10. The monoisotopic (exact) mass is 458 g/mol. The van der Waals surface area contributed by atoms with Crippen molar-refractivity contribution in [2.45, 2.75) is 18.4 Å². The first kappa shape index (κ1) is 22.8. The number of sulfonamides is 1. The summed E-state index contributed by atoms with van der Waals surface area (Å²) in [7, 11) is -1.31. The van der Waals surface area contributed by atoms with Crippen LogP contribution < -0.4 is 14.8 Å². The van der Waals surface area contributed by atoms with Gasteiger partial charge in [0, 0.05) is 24.1 Å². The van der Waals surface area contributed by atoms with Crippen LogP contribution in [0.25, 0.3) is 0 Å². The minimum absolute atomic E-state index is 0.282. The summed E-state index contributed by atoms with van der Waals surface area (Å²) in [4.78, 5) is 11.8. The average molecular weight is 459 g/mol. The molecule has 2 aliphatic rings. The minimum atomic E-state index is -3.57. The van der Waals surface area contributed by atoms with Crippen LogP contribution in [0.3, 0.4) is 0 Å². The van der Waals surface area contributed by atoms with E-state index in [9.17, 15) is 13.2 Å². The third kappa shape index (κ3) is 6.09. The van der Waals surface area contributed by atoms with Gasteiger partial charge in [0.15, 0.2) is 0 Å². The van der Waals surface area contributed by atoms with E-state index in [0.29, 0.717) is 30.2 Å². The number of quaternary nitrogens is 1. The molecule has 2 aromatic carbocycles. The quantitative estimate of drug-likeness (QED) is 0.532. The molecule has 1 aliphatic heterocycles. The van der Waals surface area contributed by atoms with Crippen molar-refractivity contribution in [1.29, 1.82) is 0 Å². The fourth-order valence-corrected chi connectivity index (χ4v) is 5.08. The second kappa shape index (κ2) is 9.21. The van der Waals surface area contributed by atoms with E-state index in [1.807, 2.05) is 4.72 Å². The maximum atomic E-state index is 11.8. The van der Waals surface area contributed by atoms with Crippen LogP contribution in [0.1, 0.15) is 28.3 Å². The molecule has 172 valence electrons. The Bertz CT molecular complexity index is 1030. The predicted octanol–water partition coefficient (Wildman–Crippen LogP) is 1.98. The van der Waals surface area contributed by atoms with Crippen molar-refractivity contribution < 1.29 is 22.4 Å². The zero-order chi connectivity index (χ0) is 22.8. The Labute approximate surface area is 190 Å². The molecule has 0 bridgehead atoms. The Morgan fingerprint density at radius 3 is 2.44 bits per heavy atom. The molecule has 0 spiro atoms. The van der Waals surface area contributed by atoms with Gasteiger partial charge in [-0.05, 0) is 36.2 Å². The Kier molecular flexibility index (Phi) is 6.55. The van der Waals surface area contributed by atoms with Gasteiger partial charge in [-0.2, -0.15) is 0 Å². The van der Waals surface area contributed by atoms with Crippen molar-refractivity contribution >= 4 is 15.9 Å². The van der Waals surface area contributed by atoms with E-state index in [0.717, 1.165) is 36.9 Å². The van der Waals surface area contributed by atoms with Gasteiger partial charge in [-0.25, -0.2) is 13.1 Å². The largest absolute Gasteiger partial charge is 0.488 e. The number of nitrogens with one attached hydrogen (secondary N) is 2. The van der Waals surface area contributed by atoms with Gasteiger partial charge in [-0.1, -0.05) is 30.3 Å². The number of amides is 1. The van der Waals surface area contributed by atoms with Crippen LogP contribution in [0.2, 0.25) is 0 Å². The van der Waals surface area contributed by atoms with Gasteiger partial charge in [-0.3, -0.25) is 4.79 Å². The predicted molar refractivity (Wildman–Crippen MR) is 124 cm³/mol. The highest BCUT2D eigenvalue weighted by molar-refractivity contribution is 7.89. The third-order valence-electron chi connectivity index (χ3n) is 6.38. The lowest BCUT2D eigenvalue weighted by Gasteiger charge is -2.47. The number of benzene rings is 2. The molecule has 4 rings (SSSR count). The molecular weight excluding hydrogens is 426 g/mol. The fourth-order valence-electron chi connectivity index (χ4n) is 4.63. The smallest absolute Gasteiger partial charge is 0.264 e. The molecular formula is C24H32N3O4S+. The summed E-state index contributed by atoms with van der Waals surface area (Å²) in [5, 5.41) is 3.74. The highest BCUT2D eigenvalue weighted by Gasteiger charge is 2.43. The summed E-state index contributed by atoms with van der Waals surface area (Å²) in [5.74, 6) is 1.42. The molecule has 1 saturated heterocycles. The van der Waals surface area contributed by atoms with Crippen molar-refractivity contribution in [3.63, 3.8) is 0 Å². The van der Waals surface area contributed by atoms with Crippen LogP contribution in [-0.2, 0) is 10.0 Å². The molecule has 7 nitrogen and oxygen atoms in total. The van der Waals surface area contributed by atoms with Crippen molar-refractivity contribution in [2.75, 3.05) is 46.1 Å². The molecule has 32 heavy (non-hydrogen) atoms. The van der Waals surface area contributed by atoms with Crippen molar-refractivity contribution in [3.05, 3.63) is 65.7 Å². The summed E-state index contributed by atoms with van der Waals surface area (Å²) in [6, 6.07) is 17.9. The standard InChI is InChI=1S/C24H31N3O4S/c1-27(12-13-31-21-10-8-20(9-11-21)24(28)26-32(2,29)30)16-18(17-27)15-25-23-14-22(23)19-6-4-3-5-7-19/h3-11,18,22-23,25H,12-17H2,1-2H3/p+1/t18?,22-,23+,27?/m0/s1. The zero-order valence-electron chi connectivity index (χ0n) is 18.7. The molecule has 2 aromatic rings. The molecule has 1 heterocycles. The Balaban J connectivity index is 1.13. The number of nitrogens with zero attached hydrogens (tertiary/aromatic N) is 1. The molecule has 2 N–H and O–H groups in total. The van der Waals surface area contributed by atoms with E-state index < -0.39 is 15.9 Å². The number of hydrogen-bond donors (Lipinski definition) is 2. The summed E-state index contributed by atoms with van der Waals surface area (Å²) in [6.07, 6.45) is 2.20. The first-order chi connectivity index (χ1) is 15.2. The molecule has 8 heteroatoms. The number of hydrogen-bond acceptors (Lipinski definition) is 5. The third-order valence-corrected chi connectivity index (χ3v) is 6.94. The van der Waals surface area contributed by atoms with Crippen LogP contribution in [0.15, 0.2) is 54.6 Å². The number of likely N-dealkylation sites (tertiary alicyclic amines) is 1. The first-order valence-electron chi connectivity index (χ1n) is 11.1. The molecule has 1 aliphatic carbocycles. The topological polar surface area (TPSA) is 84.5 Å². The zero-order valence-corrected chi connectivity index (χ0v) is 19.5. The Hall–Kier alpha value is -2.42. The molecule has 0 unspecified atom stereocenters. The number of carbonyl (C=O) groups excluding carboxylic acids is 1. The van der Waals surface area contributed by atoms with E-state index in [2.05, 4.69) is 42.7 Å². The first-order valence-corrected chi connectivity index (χ1v) is 13.0. The summed E-state index contributed by atoms with van der Waals surface area (Å²) in [5.41, 5.74) is 1.73. The van der Waals surface area contributed by atoms with Crippen molar-refractivity contribution in [3.8, 4) is 5.75 Å². The summed E-state index contributed by atoms with van der Waals surface area (Å²) < 4.78 is 31.1. The fraction of sp³-hybridized carbons (Fsp3) is 0.458. The van der Waals surface area contributed by atoms with E-state index in [4.69, 9.17) is 4.74 Å². The van der Waals surface area contributed by atoms with Crippen LogP contribution in [0.4, 0.5) is 0 Å².